The van der Waals surface area contributed by atoms with Crippen LogP contribution in [0, 0.1) is 0 Å². The number of benzene rings is 1. The molecule has 1 aromatic carbocycles. The lowest BCUT2D eigenvalue weighted by Gasteiger charge is -2.13. The highest BCUT2D eigenvalue weighted by Crippen LogP contribution is 2.47. The molecule has 1 aromatic heterocycles. The van der Waals surface area contributed by atoms with Crippen molar-refractivity contribution in [3.8, 4) is 11.5 Å². The standard InChI is InChI=1S/C18H17BrF5N3O3/c1-2-29-12-7-10(5-6-11(12)30-17(20)21)25-13(28)8-27-15(9-3-4-9)14(19)16(26-27)18(22,23)24/h5-7,9,17H,2-4,8H2,1H3,(H,25,28). The van der Waals surface area contributed by atoms with Gasteiger partial charge in [0.25, 0.3) is 0 Å². The Morgan fingerprint density at radius 1 is 1.33 bits per heavy atom. The van der Waals surface area contributed by atoms with Gasteiger partial charge in [-0.25, -0.2) is 0 Å². The number of carbonyl (C=O) groups is 1. The van der Waals surface area contributed by atoms with Crippen LogP contribution in [0.4, 0.5) is 27.6 Å². The van der Waals surface area contributed by atoms with Gasteiger partial charge in [0.2, 0.25) is 5.91 Å². The Labute approximate surface area is 176 Å². The zero-order valence-corrected chi connectivity index (χ0v) is 17.2. The molecule has 0 spiro atoms. The summed E-state index contributed by atoms with van der Waals surface area (Å²) in [5.41, 5.74) is -0.544. The van der Waals surface area contributed by atoms with E-state index in [0.717, 1.165) is 4.68 Å². The molecule has 2 aromatic rings. The number of ether oxygens (including phenoxy) is 2. The molecule has 1 amide bonds. The number of anilines is 1. The van der Waals surface area contributed by atoms with Gasteiger partial charge < -0.3 is 14.8 Å². The molecule has 6 nitrogen and oxygen atoms in total. The SMILES string of the molecule is CCOc1cc(NC(=O)Cn2nc(C(F)(F)F)c(Br)c2C2CC2)ccc1OC(F)F. The highest BCUT2D eigenvalue weighted by Gasteiger charge is 2.42. The molecule has 0 aliphatic heterocycles. The molecule has 0 atom stereocenters. The van der Waals surface area contributed by atoms with Crippen molar-refractivity contribution >= 4 is 27.5 Å². The summed E-state index contributed by atoms with van der Waals surface area (Å²) < 4.78 is 74.9. The van der Waals surface area contributed by atoms with E-state index in [1.165, 1.54) is 18.2 Å². The first-order chi connectivity index (χ1) is 14.1. The van der Waals surface area contributed by atoms with E-state index in [-0.39, 0.29) is 34.2 Å². The Morgan fingerprint density at radius 2 is 2.03 bits per heavy atom. The Balaban J connectivity index is 1.78. The third-order valence-electron chi connectivity index (χ3n) is 4.20. The van der Waals surface area contributed by atoms with Gasteiger partial charge in [-0.05, 0) is 47.8 Å². The maximum atomic E-state index is 13.2. The molecule has 1 aliphatic rings. The zero-order valence-electron chi connectivity index (χ0n) is 15.6. The Kier molecular flexibility index (Phi) is 6.53. The second kappa shape index (κ2) is 8.78. The topological polar surface area (TPSA) is 65.4 Å². The molecular formula is C18H17BrF5N3O3. The molecule has 0 bridgehead atoms. The van der Waals surface area contributed by atoms with Crippen molar-refractivity contribution in [1.29, 1.82) is 0 Å². The van der Waals surface area contributed by atoms with Crippen molar-refractivity contribution in [2.45, 2.75) is 45.0 Å². The zero-order chi connectivity index (χ0) is 22.1. The average Bonchev–Trinajstić information content (AvgIpc) is 3.40. The van der Waals surface area contributed by atoms with E-state index < -0.39 is 30.9 Å². The quantitative estimate of drug-likeness (QED) is 0.510. The van der Waals surface area contributed by atoms with E-state index in [4.69, 9.17) is 4.74 Å². The fourth-order valence-corrected chi connectivity index (χ4v) is 3.72. The summed E-state index contributed by atoms with van der Waals surface area (Å²) >= 11 is 2.96. The molecule has 0 unspecified atom stereocenters. The maximum absolute atomic E-state index is 13.2. The smallest absolute Gasteiger partial charge is 0.436 e. The van der Waals surface area contributed by atoms with Crippen molar-refractivity contribution in [1.82, 2.24) is 9.78 Å². The number of aromatic nitrogens is 2. The summed E-state index contributed by atoms with van der Waals surface area (Å²) in [6.07, 6.45) is -3.23. The van der Waals surface area contributed by atoms with E-state index >= 15 is 0 Å². The predicted molar refractivity (Wildman–Crippen MR) is 99.8 cm³/mol. The number of nitrogens with one attached hydrogen (secondary N) is 1. The number of amides is 1. The van der Waals surface area contributed by atoms with Crippen LogP contribution < -0.4 is 14.8 Å². The second-order valence-corrected chi connectivity index (χ2v) is 7.29. The van der Waals surface area contributed by atoms with Gasteiger partial charge in [0, 0.05) is 17.7 Å². The minimum atomic E-state index is -4.66. The van der Waals surface area contributed by atoms with Crippen LogP contribution in [0.3, 0.4) is 0 Å². The second-order valence-electron chi connectivity index (χ2n) is 6.50. The maximum Gasteiger partial charge on any atom is 0.436 e. The summed E-state index contributed by atoms with van der Waals surface area (Å²) in [6.45, 7) is -1.68. The number of hydrogen-bond donors (Lipinski definition) is 1. The highest BCUT2D eigenvalue weighted by atomic mass is 79.9. The average molecular weight is 498 g/mol. The first-order valence-electron chi connectivity index (χ1n) is 8.95. The van der Waals surface area contributed by atoms with Crippen LogP contribution in [0.25, 0.3) is 0 Å². The molecule has 1 saturated carbocycles. The van der Waals surface area contributed by atoms with Crippen molar-refractivity contribution in [2.24, 2.45) is 0 Å². The van der Waals surface area contributed by atoms with E-state index in [1.54, 1.807) is 6.92 Å². The van der Waals surface area contributed by atoms with E-state index in [0.29, 0.717) is 18.5 Å². The van der Waals surface area contributed by atoms with Crippen LogP contribution in [0.15, 0.2) is 22.7 Å². The molecular weight excluding hydrogens is 481 g/mol. The summed E-state index contributed by atoms with van der Waals surface area (Å²) in [4.78, 5) is 12.4. The van der Waals surface area contributed by atoms with Crippen LogP contribution in [0.2, 0.25) is 0 Å². The number of rotatable bonds is 8. The molecule has 1 heterocycles. The van der Waals surface area contributed by atoms with E-state index in [2.05, 4.69) is 31.1 Å². The van der Waals surface area contributed by atoms with Crippen LogP contribution in [-0.2, 0) is 17.5 Å². The van der Waals surface area contributed by atoms with Crippen LogP contribution >= 0.6 is 15.9 Å². The number of carbonyl (C=O) groups excluding carboxylic acids is 1. The van der Waals surface area contributed by atoms with Crippen molar-refractivity contribution in [3.63, 3.8) is 0 Å². The summed E-state index contributed by atoms with van der Waals surface area (Å²) in [5, 5.41) is 6.08. The lowest BCUT2D eigenvalue weighted by atomic mass is 10.2. The van der Waals surface area contributed by atoms with Crippen LogP contribution in [-0.4, -0.2) is 28.9 Å². The molecule has 30 heavy (non-hydrogen) atoms. The van der Waals surface area contributed by atoms with Gasteiger partial charge in [-0.2, -0.15) is 27.1 Å². The van der Waals surface area contributed by atoms with Crippen molar-refractivity contribution in [2.75, 3.05) is 11.9 Å². The Hall–Kier alpha value is -2.37. The highest BCUT2D eigenvalue weighted by molar-refractivity contribution is 9.10. The number of hydrogen-bond acceptors (Lipinski definition) is 4. The normalized spacial score (nSPS) is 14.1. The third kappa shape index (κ3) is 5.21. The molecule has 3 rings (SSSR count). The minimum Gasteiger partial charge on any atom is -0.490 e. The van der Waals surface area contributed by atoms with Gasteiger partial charge in [0.1, 0.15) is 6.54 Å². The monoisotopic (exact) mass is 497 g/mol. The van der Waals surface area contributed by atoms with E-state index in [9.17, 15) is 26.7 Å². The molecule has 0 saturated heterocycles. The lowest BCUT2D eigenvalue weighted by Crippen LogP contribution is -2.21. The Bertz CT molecular complexity index is 929. The van der Waals surface area contributed by atoms with Gasteiger partial charge >= 0.3 is 12.8 Å². The summed E-state index contributed by atoms with van der Waals surface area (Å²) in [6, 6.07) is 3.82. The van der Waals surface area contributed by atoms with Crippen molar-refractivity contribution in [3.05, 3.63) is 34.1 Å². The molecule has 0 radical (unpaired) electrons. The number of alkyl halides is 5. The molecule has 164 valence electrons. The first kappa shape index (κ1) is 22.3. The molecule has 1 fully saturated rings. The predicted octanol–water partition coefficient (Wildman–Crippen LogP) is 5.18. The molecule has 12 heteroatoms. The molecule has 1 aliphatic carbocycles. The van der Waals surface area contributed by atoms with Gasteiger partial charge in [-0.1, -0.05) is 0 Å². The van der Waals surface area contributed by atoms with Gasteiger partial charge in [0.15, 0.2) is 17.2 Å². The van der Waals surface area contributed by atoms with E-state index in [1.807, 2.05) is 0 Å². The van der Waals surface area contributed by atoms with Gasteiger partial charge in [-0.15, -0.1) is 0 Å². The van der Waals surface area contributed by atoms with Crippen LogP contribution in [0.5, 0.6) is 11.5 Å². The van der Waals surface area contributed by atoms with Gasteiger partial charge in [-0.3, -0.25) is 9.48 Å². The third-order valence-corrected chi connectivity index (χ3v) is 4.98. The van der Waals surface area contributed by atoms with Crippen LogP contribution in [0.1, 0.15) is 37.1 Å². The van der Waals surface area contributed by atoms with Crippen molar-refractivity contribution < 1.29 is 36.2 Å². The fourth-order valence-electron chi connectivity index (χ4n) is 2.89. The minimum absolute atomic E-state index is 0.00420. The summed E-state index contributed by atoms with van der Waals surface area (Å²) in [5.74, 6) is -0.932. The first-order valence-corrected chi connectivity index (χ1v) is 9.74. The fraction of sp³-hybridized carbons (Fsp3) is 0.444. The van der Waals surface area contributed by atoms with Gasteiger partial charge in [0.05, 0.1) is 16.8 Å². The Morgan fingerprint density at radius 3 is 2.60 bits per heavy atom. The largest absolute Gasteiger partial charge is 0.490 e. The molecule has 1 N–H and O–H groups in total. The lowest BCUT2D eigenvalue weighted by molar-refractivity contribution is -0.142. The number of nitrogens with zero attached hydrogens (tertiary/aromatic N) is 2. The summed E-state index contributed by atoms with van der Waals surface area (Å²) in [7, 11) is 0. The number of halogens is 6.